The van der Waals surface area contributed by atoms with Gasteiger partial charge in [-0.3, -0.25) is 0 Å². The van der Waals surface area contributed by atoms with E-state index in [0.717, 1.165) is 6.54 Å². The summed E-state index contributed by atoms with van der Waals surface area (Å²) in [7, 11) is 0. The van der Waals surface area contributed by atoms with Crippen LogP contribution in [-0.2, 0) is 11.3 Å². The van der Waals surface area contributed by atoms with Crippen LogP contribution in [0.5, 0.6) is 0 Å². The van der Waals surface area contributed by atoms with Crippen LogP contribution >= 0.6 is 0 Å². The van der Waals surface area contributed by atoms with Gasteiger partial charge in [0.25, 0.3) is 0 Å². The van der Waals surface area contributed by atoms with Crippen molar-refractivity contribution in [3.05, 3.63) is 54.4 Å². The summed E-state index contributed by atoms with van der Waals surface area (Å²) in [6, 6.07) is 13.3. The first-order valence-electron chi connectivity index (χ1n) is 8.17. The summed E-state index contributed by atoms with van der Waals surface area (Å²) in [5.74, 6) is -2.76. The normalized spacial score (nSPS) is 12.9. The molecule has 2 aromatic rings. The number of hydrogen-bond acceptors (Lipinski definition) is 2. The maximum atomic E-state index is 10.6. The molecule has 7 heteroatoms. The highest BCUT2D eigenvalue weighted by atomic mass is 19.4. The smallest absolute Gasteiger partial charge is 0.475 e. The molecule has 144 valence electrons. The molecule has 0 bridgehead atoms. The van der Waals surface area contributed by atoms with E-state index in [1.54, 1.807) is 0 Å². The first-order valence-corrected chi connectivity index (χ1v) is 8.17. The van der Waals surface area contributed by atoms with Crippen LogP contribution in [0.3, 0.4) is 0 Å². The van der Waals surface area contributed by atoms with Gasteiger partial charge in [-0.15, -0.1) is 0 Å². The summed E-state index contributed by atoms with van der Waals surface area (Å²) < 4.78 is 33.9. The molecule has 0 radical (unpaired) electrons. The van der Waals surface area contributed by atoms with E-state index in [-0.39, 0.29) is 0 Å². The van der Waals surface area contributed by atoms with E-state index in [0.29, 0.717) is 11.5 Å². The van der Waals surface area contributed by atoms with E-state index in [4.69, 9.17) is 9.90 Å². The minimum Gasteiger partial charge on any atom is -0.475 e. The SMILES string of the molecule is C[C@H](NCc1ccc(-n2cccc2)cc1)C(C)(C)C.O=C(O)C(F)(F)F. The van der Waals surface area contributed by atoms with Gasteiger partial charge in [-0.1, -0.05) is 32.9 Å². The number of rotatable bonds is 4. The second-order valence-electron chi connectivity index (χ2n) is 7.03. The van der Waals surface area contributed by atoms with Crippen molar-refractivity contribution in [3.63, 3.8) is 0 Å². The lowest BCUT2D eigenvalue weighted by molar-refractivity contribution is -0.192. The molecule has 0 saturated carbocycles. The minimum absolute atomic E-state index is 0.297. The first kappa shape index (κ1) is 21.8. The zero-order chi connectivity index (χ0) is 20.0. The summed E-state index contributed by atoms with van der Waals surface area (Å²) in [4.78, 5) is 8.90. The quantitative estimate of drug-likeness (QED) is 0.825. The van der Waals surface area contributed by atoms with Crippen LogP contribution in [0.25, 0.3) is 5.69 Å². The van der Waals surface area contributed by atoms with Crippen molar-refractivity contribution in [2.75, 3.05) is 0 Å². The van der Waals surface area contributed by atoms with E-state index in [9.17, 15) is 13.2 Å². The zero-order valence-electron chi connectivity index (χ0n) is 15.3. The molecule has 2 N–H and O–H groups in total. The maximum Gasteiger partial charge on any atom is 0.490 e. The van der Waals surface area contributed by atoms with Gasteiger partial charge in [0.15, 0.2) is 0 Å². The van der Waals surface area contributed by atoms with Crippen LogP contribution in [0.2, 0.25) is 0 Å². The van der Waals surface area contributed by atoms with E-state index in [2.05, 4.69) is 74.2 Å². The third kappa shape index (κ3) is 7.31. The van der Waals surface area contributed by atoms with Crippen LogP contribution in [0.4, 0.5) is 13.2 Å². The third-order valence-corrected chi connectivity index (χ3v) is 3.99. The molecule has 26 heavy (non-hydrogen) atoms. The van der Waals surface area contributed by atoms with Crippen molar-refractivity contribution in [1.82, 2.24) is 9.88 Å². The fourth-order valence-corrected chi connectivity index (χ4v) is 1.87. The molecule has 0 amide bonds. The topological polar surface area (TPSA) is 54.3 Å². The van der Waals surface area contributed by atoms with Gasteiger partial charge < -0.3 is 15.0 Å². The fourth-order valence-electron chi connectivity index (χ4n) is 1.87. The number of nitrogens with zero attached hydrogens (tertiary/aromatic N) is 1. The standard InChI is InChI=1S/C17H24N2.C2HF3O2/c1-14(17(2,3)4)18-13-15-7-9-16(10-8-15)19-11-5-6-12-19;3-2(4,5)1(6)7/h5-12,14,18H,13H2,1-4H3;(H,6,7)/t14-;/m0./s1. The Morgan fingerprint density at radius 1 is 1.12 bits per heavy atom. The second kappa shape index (κ2) is 8.89. The Balaban J connectivity index is 0.000000412. The lowest BCUT2D eigenvalue weighted by atomic mass is 9.88. The van der Waals surface area contributed by atoms with E-state index < -0.39 is 12.1 Å². The lowest BCUT2D eigenvalue weighted by Crippen LogP contribution is -2.37. The highest BCUT2D eigenvalue weighted by molar-refractivity contribution is 5.73. The van der Waals surface area contributed by atoms with Crippen LogP contribution in [0, 0.1) is 5.41 Å². The Labute approximate surface area is 151 Å². The van der Waals surface area contributed by atoms with Crippen LogP contribution in [-0.4, -0.2) is 27.9 Å². The van der Waals surface area contributed by atoms with Crippen LogP contribution in [0.15, 0.2) is 48.8 Å². The predicted molar refractivity (Wildman–Crippen MR) is 95.2 cm³/mol. The van der Waals surface area contributed by atoms with Crippen molar-refractivity contribution in [2.24, 2.45) is 5.41 Å². The fraction of sp³-hybridized carbons (Fsp3) is 0.421. The molecule has 2 rings (SSSR count). The first-order chi connectivity index (χ1) is 11.9. The molecule has 0 unspecified atom stereocenters. The Morgan fingerprint density at radius 3 is 1.96 bits per heavy atom. The molecule has 0 aliphatic heterocycles. The Kier molecular flexibility index (Phi) is 7.44. The van der Waals surface area contributed by atoms with Crippen LogP contribution < -0.4 is 5.32 Å². The van der Waals surface area contributed by atoms with E-state index >= 15 is 0 Å². The number of alkyl halides is 3. The van der Waals surface area contributed by atoms with Gasteiger partial charge in [-0.25, -0.2) is 4.79 Å². The van der Waals surface area contributed by atoms with Crippen molar-refractivity contribution in [2.45, 2.75) is 46.5 Å². The summed E-state index contributed by atoms with van der Waals surface area (Å²) in [6.45, 7) is 9.96. The highest BCUT2D eigenvalue weighted by Gasteiger charge is 2.38. The van der Waals surface area contributed by atoms with Crippen LogP contribution in [0.1, 0.15) is 33.3 Å². The number of nitrogens with one attached hydrogen (secondary N) is 1. The molecule has 4 nitrogen and oxygen atoms in total. The average Bonchev–Trinajstić information content (AvgIpc) is 3.06. The van der Waals surface area contributed by atoms with E-state index in [1.807, 2.05) is 12.1 Å². The number of aromatic nitrogens is 1. The van der Waals surface area contributed by atoms with Gasteiger partial charge in [-0.2, -0.15) is 13.2 Å². The largest absolute Gasteiger partial charge is 0.490 e. The van der Waals surface area contributed by atoms with Gasteiger partial charge in [0.05, 0.1) is 0 Å². The molecule has 0 aliphatic carbocycles. The van der Waals surface area contributed by atoms with E-state index in [1.165, 1.54) is 11.3 Å². The van der Waals surface area contributed by atoms with Gasteiger partial charge >= 0.3 is 12.1 Å². The van der Waals surface area contributed by atoms with Crippen molar-refractivity contribution >= 4 is 5.97 Å². The average molecular weight is 370 g/mol. The van der Waals surface area contributed by atoms with Crippen molar-refractivity contribution in [1.29, 1.82) is 0 Å². The molecular formula is C19H25F3N2O2. The predicted octanol–water partition coefficient (Wildman–Crippen LogP) is 4.63. The molecular weight excluding hydrogens is 345 g/mol. The third-order valence-electron chi connectivity index (χ3n) is 3.99. The summed E-state index contributed by atoms with van der Waals surface area (Å²) in [6.07, 6.45) is -0.954. The summed E-state index contributed by atoms with van der Waals surface area (Å²) in [5, 5.41) is 10.7. The second-order valence-corrected chi connectivity index (χ2v) is 7.03. The Bertz CT molecular complexity index is 672. The Morgan fingerprint density at radius 2 is 1.58 bits per heavy atom. The number of carboxylic acid groups (broad SMARTS) is 1. The molecule has 0 aliphatic rings. The molecule has 0 fully saturated rings. The maximum absolute atomic E-state index is 10.6. The molecule has 1 aromatic carbocycles. The number of carboxylic acids is 1. The lowest BCUT2D eigenvalue weighted by Gasteiger charge is -2.28. The summed E-state index contributed by atoms with van der Waals surface area (Å²) >= 11 is 0. The molecule has 1 atom stereocenters. The number of benzene rings is 1. The molecule has 1 aromatic heterocycles. The number of aliphatic carboxylic acids is 1. The molecule has 0 spiro atoms. The highest BCUT2D eigenvalue weighted by Crippen LogP contribution is 2.19. The van der Waals surface area contributed by atoms with Gasteiger partial charge in [0, 0.05) is 30.7 Å². The van der Waals surface area contributed by atoms with Gasteiger partial charge in [0.2, 0.25) is 0 Å². The zero-order valence-corrected chi connectivity index (χ0v) is 15.3. The van der Waals surface area contributed by atoms with Gasteiger partial charge in [-0.05, 0) is 42.2 Å². The number of carbonyl (C=O) groups is 1. The minimum atomic E-state index is -5.08. The monoisotopic (exact) mass is 370 g/mol. The Hall–Kier alpha value is -2.28. The number of hydrogen-bond donors (Lipinski definition) is 2. The van der Waals surface area contributed by atoms with Gasteiger partial charge in [0.1, 0.15) is 0 Å². The summed E-state index contributed by atoms with van der Waals surface area (Å²) in [5.41, 5.74) is 2.83. The molecule has 0 saturated heterocycles. The molecule has 1 heterocycles. The number of halogens is 3. The van der Waals surface area contributed by atoms with Crippen molar-refractivity contribution < 1.29 is 23.1 Å². The van der Waals surface area contributed by atoms with Crippen molar-refractivity contribution in [3.8, 4) is 5.69 Å².